The topological polar surface area (TPSA) is 98.8 Å². The van der Waals surface area contributed by atoms with Crippen LogP contribution in [-0.4, -0.2) is 64.6 Å². The lowest BCUT2D eigenvalue weighted by Gasteiger charge is -2.48. The highest BCUT2D eigenvalue weighted by Crippen LogP contribution is 2.57. The molecule has 2 aliphatic rings. The van der Waals surface area contributed by atoms with Crippen molar-refractivity contribution in [2.75, 3.05) is 41.3 Å². The Kier molecular flexibility index (Phi) is 11.8. The smallest absolute Gasteiger partial charge is 0.310 e. The maximum atomic E-state index is 15.2. The third kappa shape index (κ3) is 7.38. The summed E-state index contributed by atoms with van der Waals surface area (Å²) in [5, 5.41) is 1.23. The number of benzene rings is 4. The van der Waals surface area contributed by atoms with Gasteiger partial charge >= 0.3 is 5.97 Å². The van der Waals surface area contributed by atoms with E-state index in [0.717, 1.165) is 27.1 Å². The fourth-order valence-corrected chi connectivity index (χ4v) is 14.8. The molecular formula is C44H54O9SSi. The average Bonchev–Trinajstić information content (AvgIpc) is 3.63. The minimum atomic E-state index is -3.13. The zero-order chi connectivity index (χ0) is 39.7. The van der Waals surface area contributed by atoms with Crippen LogP contribution in [0.5, 0.6) is 28.7 Å². The quantitative estimate of drug-likeness (QED) is 0.107. The first-order chi connectivity index (χ1) is 26.2. The molecule has 5 atom stereocenters. The van der Waals surface area contributed by atoms with E-state index in [1.807, 2.05) is 81.4 Å². The lowest BCUT2D eigenvalue weighted by Crippen LogP contribution is -2.67. The third-order valence-corrected chi connectivity index (χ3v) is 18.1. The zero-order valence-corrected chi connectivity index (χ0v) is 35.4. The zero-order valence-electron chi connectivity index (χ0n) is 33.6. The first-order valence-corrected chi connectivity index (χ1v) is 21.9. The van der Waals surface area contributed by atoms with Crippen molar-refractivity contribution in [1.82, 2.24) is 0 Å². The molecule has 1 heterocycles. The minimum absolute atomic E-state index is 0.0573. The molecule has 9 nitrogen and oxygen atoms in total. The van der Waals surface area contributed by atoms with Gasteiger partial charge in [-0.25, -0.2) is 0 Å². The van der Waals surface area contributed by atoms with Gasteiger partial charge in [0.2, 0.25) is 12.5 Å². The van der Waals surface area contributed by atoms with Crippen molar-refractivity contribution in [2.45, 2.75) is 69.4 Å². The van der Waals surface area contributed by atoms with Crippen LogP contribution in [0.1, 0.15) is 76.3 Å². The summed E-state index contributed by atoms with van der Waals surface area (Å²) in [5.41, 5.74) is 2.34. The number of hydrogen-bond acceptors (Lipinski definition) is 9. The van der Waals surface area contributed by atoms with Crippen LogP contribution in [0.4, 0.5) is 0 Å². The molecule has 0 aromatic heterocycles. The van der Waals surface area contributed by atoms with E-state index in [0.29, 0.717) is 28.7 Å². The highest BCUT2D eigenvalue weighted by atomic mass is 32.2. The molecule has 11 heteroatoms. The molecule has 0 amide bonds. The van der Waals surface area contributed by atoms with Crippen LogP contribution in [0.25, 0.3) is 0 Å². The number of carbonyl (C=O) groups is 1. The third-order valence-electron chi connectivity index (χ3n) is 10.8. The van der Waals surface area contributed by atoms with Crippen molar-refractivity contribution >= 4 is 35.5 Å². The van der Waals surface area contributed by atoms with E-state index in [4.69, 9.17) is 32.8 Å². The number of methoxy groups -OCH3 is 3. The molecule has 0 saturated heterocycles. The number of hydrogen-bond donors (Lipinski definition) is 0. The average molecular weight is 787 g/mol. The second-order valence-corrected chi connectivity index (χ2v) is 22.7. The van der Waals surface area contributed by atoms with Crippen LogP contribution < -0.4 is 34.1 Å². The molecule has 0 fully saturated rings. The van der Waals surface area contributed by atoms with E-state index < -0.39 is 52.8 Å². The summed E-state index contributed by atoms with van der Waals surface area (Å²) in [6, 6.07) is 28.5. The molecule has 55 heavy (non-hydrogen) atoms. The fourth-order valence-electron chi connectivity index (χ4n) is 8.39. The largest absolute Gasteiger partial charge is 0.493 e. The van der Waals surface area contributed by atoms with Crippen LogP contribution in [0.15, 0.2) is 84.9 Å². The molecule has 1 aliphatic carbocycles. The van der Waals surface area contributed by atoms with Crippen LogP contribution in [-0.2, 0) is 24.8 Å². The predicted octanol–water partition coefficient (Wildman–Crippen LogP) is 7.55. The molecule has 4 aromatic carbocycles. The summed E-state index contributed by atoms with van der Waals surface area (Å²) in [6.45, 7) is 14.7. The van der Waals surface area contributed by atoms with Crippen LogP contribution in [0.2, 0.25) is 5.04 Å². The van der Waals surface area contributed by atoms with E-state index in [1.54, 1.807) is 28.3 Å². The molecule has 4 aromatic rings. The van der Waals surface area contributed by atoms with E-state index in [9.17, 15) is 4.79 Å². The summed E-state index contributed by atoms with van der Waals surface area (Å²) in [7, 11) is 0.0487. The van der Waals surface area contributed by atoms with Gasteiger partial charge in [0.15, 0.2) is 23.0 Å². The Morgan fingerprint density at radius 1 is 0.782 bits per heavy atom. The van der Waals surface area contributed by atoms with E-state index in [2.05, 4.69) is 45.0 Å². The Hall–Kier alpha value is -4.32. The van der Waals surface area contributed by atoms with Gasteiger partial charge in [0.1, 0.15) is 0 Å². The van der Waals surface area contributed by atoms with Crippen molar-refractivity contribution in [2.24, 2.45) is 11.8 Å². The van der Waals surface area contributed by atoms with E-state index in [1.165, 1.54) is 0 Å². The molecule has 0 bridgehead atoms. The van der Waals surface area contributed by atoms with Crippen molar-refractivity contribution in [3.63, 3.8) is 0 Å². The number of esters is 1. The molecule has 6 rings (SSSR count). The highest BCUT2D eigenvalue weighted by molar-refractivity contribution is 7.86. The van der Waals surface area contributed by atoms with Crippen LogP contribution >= 0.6 is 0 Å². The maximum Gasteiger partial charge on any atom is 0.310 e. The van der Waals surface area contributed by atoms with Crippen LogP contribution in [0.3, 0.4) is 0 Å². The molecule has 1 unspecified atom stereocenters. The first-order valence-electron chi connectivity index (χ1n) is 18.8. The van der Waals surface area contributed by atoms with Gasteiger partial charge in [0, 0.05) is 34.0 Å². The van der Waals surface area contributed by atoms with Gasteiger partial charge < -0.3 is 32.8 Å². The molecular weight excluding hydrogens is 733 g/mol. The summed E-state index contributed by atoms with van der Waals surface area (Å²) < 4.78 is 57.4. The van der Waals surface area contributed by atoms with E-state index >= 15 is 4.21 Å². The van der Waals surface area contributed by atoms with E-state index in [-0.39, 0.29) is 25.0 Å². The molecule has 1 aliphatic heterocycles. The SMILES string of the molecule is CCOC(=O)[C@H]1[C@H](c2cc(OC)c(OC)c(OC)c2)c2cc3c(cc2[C@H](S(=O)C(C)(C)C)[C@H]1CO[Si](c1ccccc1)(c1ccccc1)C(C)(C)C)OCO3. The Morgan fingerprint density at radius 2 is 1.31 bits per heavy atom. The lowest BCUT2D eigenvalue weighted by molar-refractivity contribution is -0.151. The van der Waals surface area contributed by atoms with Crippen molar-refractivity contribution in [3.8, 4) is 28.7 Å². The Balaban J connectivity index is 1.66. The molecule has 0 N–H and O–H groups in total. The lowest BCUT2D eigenvalue weighted by atomic mass is 9.66. The monoisotopic (exact) mass is 786 g/mol. The minimum Gasteiger partial charge on any atom is -0.493 e. The van der Waals surface area contributed by atoms with Gasteiger partial charge in [-0.2, -0.15) is 0 Å². The number of carbonyl (C=O) groups excluding carboxylic acids is 1. The molecule has 0 spiro atoms. The standard InChI is InChI=1S/C44H54O9SSi/c1-11-50-42(45)39-33(26-53-55(44(5,6)7,29-18-14-12-15-19-29)30-20-16-13-17-21-30)41(54(46)43(2,3)4)32-25-35-34(51-27-52-35)24-31(32)38(39)28-22-36(47-8)40(49-10)37(23-28)48-9/h12-25,33,38-39,41H,11,26-27H2,1-10H3/t33-,38+,39+,41-,54?/m0/s1. The summed E-state index contributed by atoms with van der Waals surface area (Å²) in [4.78, 5) is 14.8. The van der Waals surface area contributed by atoms with Gasteiger partial charge in [0.25, 0.3) is 8.32 Å². The maximum absolute atomic E-state index is 15.2. The fraction of sp³-hybridized carbons (Fsp3) is 0.432. The molecule has 0 radical (unpaired) electrons. The van der Waals surface area contributed by atoms with Crippen molar-refractivity contribution in [1.29, 1.82) is 0 Å². The highest BCUT2D eigenvalue weighted by Gasteiger charge is 2.55. The molecule has 294 valence electrons. The number of rotatable bonds is 12. The Labute approximate surface area is 329 Å². The summed E-state index contributed by atoms with van der Waals surface area (Å²) >= 11 is 0. The van der Waals surface area contributed by atoms with Gasteiger partial charge in [-0.05, 0) is 84.1 Å². The summed E-state index contributed by atoms with van der Waals surface area (Å²) in [6.07, 6.45) is 0. The Bertz CT molecular complexity index is 1940. The normalized spacial score (nSPS) is 20.0. The predicted molar refractivity (Wildman–Crippen MR) is 218 cm³/mol. The summed E-state index contributed by atoms with van der Waals surface area (Å²) in [5.74, 6) is -0.0239. The number of fused-ring (bicyclic) bond motifs is 2. The first kappa shape index (κ1) is 40.3. The van der Waals surface area contributed by atoms with Gasteiger partial charge in [-0.1, -0.05) is 81.4 Å². The second-order valence-electron chi connectivity index (χ2n) is 16.0. The molecule has 0 saturated carbocycles. The van der Waals surface area contributed by atoms with Gasteiger partial charge in [0.05, 0.1) is 39.1 Å². The van der Waals surface area contributed by atoms with Crippen LogP contribution in [0, 0.1) is 11.8 Å². The Morgan fingerprint density at radius 3 is 1.76 bits per heavy atom. The van der Waals surface area contributed by atoms with Gasteiger partial charge in [-0.3, -0.25) is 9.00 Å². The number of ether oxygens (including phenoxy) is 6. The van der Waals surface area contributed by atoms with Crippen molar-refractivity contribution < 1.29 is 41.9 Å². The van der Waals surface area contributed by atoms with Gasteiger partial charge in [-0.15, -0.1) is 0 Å². The van der Waals surface area contributed by atoms with Crippen molar-refractivity contribution in [3.05, 3.63) is 102 Å². The second kappa shape index (κ2) is 16.0.